The lowest BCUT2D eigenvalue weighted by Crippen LogP contribution is -2.33. The Morgan fingerprint density at radius 1 is 1.25 bits per heavy atom. The van der Waals surface area contributed by atoms with E-state index in [1.54, 1.807) is 13.2 Å². The average Bonchev–Trinajstić information content (AvgIpc) is 2.69. The molecule has 0 spiro atoms. The van der Waals surface area contributed by atoms with Crippen LogP contribution in [0.15, 0.2) is 12.1 Å². The van der Waals surface area contributed by atoms with E-state index in [1.165, 1.54) is 0 Å². The predicted octanol–water partition coefficient (Wildman–Crippen LogP) is 3.73. The summed E-state index contributed by atoms with van der Waals surface area (Å²) >= 11 is 12.3. The van der Waals surface area contributed by atoms with Gasteiger partial charge in [-0.15, -0.1) is 0 Å². The predicted molar refractivity (Wildman–Crippen MR) is 67.3 cm³/mol. The van der Waals surface area contributed by atoms with Gasteiger partial charge < -0.3 is 10.5 Å². The van der Waals surface area contributed by atoms with Crippen LogP contribution in [0.1, 0.15) is 31.2 Å². The Morgan fingerprint density at radius 2 is 1.88 bits per heavy atom. The molecule has 0 bridgehead atoms. The van der Waals surface area contributed by atoms with Crippen LogP contribution in [0.25, 0.3) is 0 Å². The van der Waals surface area contributed by atoms with E-state index in [2.05, 4.69) is 0 Å². The van der Waals surface area contributed by atoms with Crippen LogP contribution in [0.4, 0.5) is 0 Å². The lowest BCUT2D eigenvalue weighted by Gasteiger charge is -2.26. The van der Waals surface area contributed by atoms with Crippen molar-refractivity contribution in [1.29, 1.82) is 0 Å². The Balaban J connectivity index is 2.51. The summed E-state index contributed by atoms with van der Waals surface area (Å²) < 4.78 is 5.20. The second-order valence-corrected chi connectivity index (χ2v) is 5.15. The molecule has 1 saturated carbocycles. The van der Waals surface area contributed by atoms with Gasteiger partial charge in [-0.1, -0.05) is 36.0 Å². The summed E-state index contributed by atoms with van der Waals surface area (Å²) in [5, 5.41) is 1.21. The van der Waals surface area contributed by atoms with E-state index in [0.717, 1.165) is 31.2 Å². The molecule has 2 N–H and O–H groups in total. The monoisotopic (exact) mass is 259 g/mol. The van der Waals surface area contributed by atoms with Gasteiger partial charge in [0.25, 0.3) is 0 Å². The number of methoxy groups -OCH3 is 1. The minimum atomic E-state index is -0.338. The van der Waals surface area contributed by atoms with Crippen LogP contribution in [0.3, 0.4) is 0 Å². The second-order valence-electron chi connectivity index (χ2n) is 4.33. The molecule has 1 aliphatic carbocycles. The molecular formula is C12H15Cl2NO. The third-order valence-electron chi connectivity index (χ3n) is 3.26. The first-order chi connectivity index (χ1) is 7.57. The van der Waals surface area contributed by atoms with Gasteiger partial charge in [0.1, 0.15) is 5.75 Å². The maximum absolute atomic E-state index is 6.38. The van der Waals surface area contributed by atoms with Crippen molar-refractivity contribution in [2.75, 3.05) is 7.11 Å². The van der Waals surface area contributed by atoms with Gasteiger partial charge in [-0.05, 0) is 24.5 Å². The van der Waals surface area contributed by atoms with E-state index in [1.807, 2.05) is 6.07 Å². The quantitative estimate of drug-likeness (QED) is 0.879. The molecular weight excluding hydrogens is 245 g/mol. The van der Waals surface area contributed by atoms with Gasteiger partial charge in [-0.25, -0.2) is 0 Å². The van der Waals surface area contributed by atoms with Crippen molar-refractivity contribution in [3.8, 4) is 5.75 Å². The van der Waals surface area contributed by atoms with Crippen molar-refractivity contribution >= 4 is 23.2 Å². The highest BCUT2D eigenvalue weighted by molar-refractivity contribution is 6.35. The zero-order valence-corrected chi connectivity index (χ0v) is 10.7. The maximum Gasteiger partial charge on any atom is 0.139 e. The van der Waals surface area contributed by atoms with E-state index in [0.29, 0.717) is 15.8 Å². The van der Waals surface area contributed by atoms with Gasteiger partial charge >= 0.3 is 0 Å². The molecule has 1 aromatic carbocycles. The molecule has 0 unspecified atom stereocenters. The topological polar surface area (TPSA) is 35.2 Å². The van der Waals surface area contributed by atoms with E-state index >= 15 is 0 Å². The fourth-order valence-corrected chi connectivity index (χ4v) is 2.93. The molecule has 0 heterocycles. The standard InChI is InChI=1S/C12H15Cl2NO/c1-16-10-7-8(13)6-9(11(10)14)12(15)4-2-3-5-12/h6-7H,2-5,15H2,1H3. The number of ether oxygens (including phenoxy) is 1. The third-order valence-corrected chi connectivity index (χ3v) is 3.86. The van der Waals surface area contributed by atoms with Crippen molar-refractivity contribution in [1.82, 2.24) is 0 Å². The summed E-state index contributed by atoms with van der Waals surface area (Å²) in [6.07, 6.45) is 4.19. The molecule has 0 atom stereocenters. The molecule has 0 aliphatic heterocycles. The molecule has 1 aliphatic rings. The van der Waals surface area contributed by atoms with Crippen LogP contribution < -0.4 is 10.5 Å². The Bertz CT molecular complexity index is 400. The molecule has 1 aromatic rings. The van der Waals surface area contributed by atoms with Gasteiger partial charge in [0.05, 0.1) is 12.1 Å². The fraction of sp³-hybridized carbons (Fsp3) is 0.500. The molecule has 0 saturated heterocycles. The summed E-state index contributed by atoms with van der Waals surface area (Å²) in [7, 11) is 1.58. The maximum atomic E-state index is 6.38. The zero-order valence-electron chi connectivity index (χ0n) is 9.22. The van der Waals surface area contributed by atoms with E-state index in [4.69, 9.17) is 33.7 Å². The molecule has 0 radical (unpaired) electrons. The molecule has 0 amide bonds. The van der Waals surface area contributed by atoms with Crippen LogP contribution in [-0.4, -0.2) is 7.11 Å². The molecule has 4 heteroatoms. The van der Waals surface area contributed by atoms with Crippen molar-refractivity contribution in [2.24, 2.45) is 5.73 Å². The Kier molecular flexibility index (Phi) is 3.34. The summed E-state index contributed by atoms with van der Waals surface area (Å²) in [6.45, 7) is 0. The lowest BCUT2D eigenvalue weighted by molar-refractivity contribution is 0.409. The molecule has 2 rings (SSSR count). The van der Waals surface area contributed by atoms with Crippen LogP contribution >= 0.6 is 23.2 Å². The number of nitrogens with two attached hydrogens (primary N) is 1. The number of hydrogen-bond donors (Lipinski definition) is 1. The van der Waals surface area contributed by atoms with E-state index in [-0.39, 0.29) is 5.54 Å². The summed E-state index contributed by atoms with van der Waals surface area (Å²) in [5.41, 5.74) is 6.95. The Labute approximate surface area is 106 Å². The Morgan fingerprint density at radius 3 is 2.44 bits per heavy atom. The number of rotatable bonds is 2. The molecule has 0 aromatic heterocycles. The second kappa shape index (κ2) is 4.44. The largest absolute Gasteiger partial charge is 0.495 e. The van der Waals surface area contributed by atoms with E-state index < -0.39 is 0 Å². The summed E-state index contributed by atoms with van der Waals surface area (Å²) in [5.74, 6) is 0.598. The highest BCUT2D eigenvalue weighted by Gasteiger charge is 2.34. The van der Waals surface area contributed by atoms with Gasteiger partial charge in [-0.3, -0.25) is 0 Å². The Hall–Kier alpha value is -0.440. The van der Waals surface area contributed by atoms with Crippen LogP contribution in [0.5, 0.6) is 5.75 Å². The third kappa shape index (κ3) is 2.02. The number of halogens is 2. The highest BCUT2D eigenvalue weighted by Crippen LogP contribution is 2.43. The van der Waals surface area contributed by atoms with Crippen molar-refractivity contribution in [2.45, 2.75) is 31.2 Å². The zero-order chi connectivity index (χ0) is 11.8. The van der Waals surface area contributed by atoms with Gasteiger partial charge in [-0.2, -0.15) is 0 Å². The minimum absolute atomic E-state index is 0.338. The first kappa shape index (κ1) is 12.0. The lowest BCUT2D eigenvalue weighted by atomic mass is 9.89. The molecule has 1 fully saturated rings. The van der Waals surface area contributed by atoms with Crippen molar-refractivity contribution in [3.63, 3.8) is 0 Å². The van der Waals surface area contributed by atoms with Crippen LogP contribution in [-0.2, 0) is 5.54 Å². The van der Waals surface area contributed by atoms with Crippen molar-refractivity contribution < 1.29 is 4.74 Å². The number of hydrogen-bond acceptors (Lipinski definition) is 2. The van der Waals surface area contributed by atoms with Crippen molar-refractivity contribution in [3.05, 3.63) is 27.7 Å². The van der Waals surface area contributed by atoms with Crippen LogP contribution in [0, 0.1) is 0 Å². The summed E-state index contributed by atoms with van der Waals surface area (Å²) in [6, 6.07) is 3.57. The molecule has 2 nitrogen and oxygen atoms in total. The fourth-order valence-electron chi connectivity index (χ4n) is 2.35. The first-order valence-electron chi connectivity index (χ1n) is 5.39. The average molecular weight is 260 g/mol. The van der Waals surface area contributed by atoms with Gasteiger partial charge in [0.2, 0.25) is 0 Å². The first-order valence-corrected chi connectivity index (χ1v) is 6.15. The molecule has 16 heavy (non-hydrogen) atoms. The normalized spacial score (nSPS) is 18.8. The van der Waals surface area contributed by atoms with Crippen LogP contribution in [0.2, 0.25) is 10.0 Å². The SMILES string of the molecule is COc1cc(Cl)cc(C2(N)CCCC2)c1Cl. The summed E-state index contributed by atoms with van der Waals surface area (Å²) in [4.78, 5) is 0. The number of benzene rings is 1. The smallest absolute Gasteiger partial charge is 0.139 e. The minimum Gasteiger partial charge on any atom is -0.495 e. The van der Waals surface area contributed by atoms with Gasteiger partial charge in [0, 0.05) is 16.6 Å². The highest BCUT2D eigenvalue weighted by atomic mass is 35.5. The van der Waals surface area contributed by atoms with Gasteiger partial charge in [0.15, 0.2) is 0 Å². The van der Waals surface area contributed by atoms with E-state index in [9.17, 15) is 0 Å². The molecule has 88 valence electrons.